The van der Waals surface area contributed by atoms with Crippen LogP contribution in [-0.2, 0) is 26.1 Å². The number of methoxy groups -OCH3 is 1. The fraction of sp³-hybridized carbons (Fsp3) is 0.240. The van der Waals surface area contributed by atoms with Crippen LogP contribution in [0.15, 0.2) is 91.0 Å². The minimum Gasteiger partial charge on any atom is -0.469 e. The quantitative estimate of drug-likeness (QED) is 0.465. The Labute approximate surface area is 184 Å². The molecule has 3 aromatic carbocycles. The van der Waals surface area contributed by atoms with Gasteiger partial charge in [-0.2, -0.15) is 4.31 Å². The SMILES string of the molecule is COC(=O)[C@@H](C)CS(=O)(=O)N(Cc1ccccc1)C(c1ccccc1)c1ccccc1. The molecule has 0 amide bonds. The first-order valence-corrected chi connectivity index (χ1v) is 11.7. The number of hydrogen-bond donors (Lipinski definition) is 0. The molecule has 3 rings (SSSR count). The lowest BCUT2D eigenvalue weighted by molar-refractivity contribution is -0.144. The average Bonchev–Trinajstić information content (AvgIpc) is 2.80. The predicted octanol–water partition coefficient (Wildman–Crippen LogP) is 4.42. The average molecular weight is 438 g/mol. The Bertz CT molecular complexity index is 1030. The van der Waals surface area contributed by atoms with Crippen LogP contribution < -0.4 is 0 Å². The second kappa shape index (κ2) is 10.4. The Hall–Kier alpha value is -2.96. The number of rotatable bonds is 9. The molecule has 6 heteroatoms. The number of carbonyl (C=O) groups is 1. The number of carbonyl (C=O) groups excluding carboxylic acids is 1. The highest BCUT2D eigenvalue weighted by molar-refractivity contribution is 7.89. The van der Waals surface area contributed by atoms with Crippen molar-refractivity contribution in [1.29, 1.82) is 0 Å². The molecule has 0 spiro atoms. The highest BCUT2D eigenvalue weighted by Gasteiger charge is 2.35. The summed E-state index contributed by atoms with van der Waals surface area (Å²) in [6.45, 7) is 1.76. The molecule has 162 valence electrons. The summed E-state index contributed by atoms with van der Waals surface area (Å²) < 4.78 is 33.6. The minimum absolute atomic E-state index is 0.186. The number of sulfonamides is 1. The van der Waals surface area contributed by atoms with Crippen molar-refractivity contribution in [2.45, 2.75) is 19.5 Å². The van der Waals surface area contributed by atoms with Crippen LogP contribution >= 0.6 is 0 Å². The summed E-state index contributed by atoms with van der Waals surface area (Å²) in [4.78, 5) is 12.0. The van der Waals surface area contributed by atoms with Gasteiger partial charge >= 0.3 is 5.97 Å². The Morgan fingerprint density at radius 2 is 1.29 bits per heavy atom. The molecule has 0 saturated carbocycles. The van der Waals surface area contributed by atoms with Crippen LogP contribution in [0.5, 0.6) is 0 Å². The van der Waals surface area contributed by atoms with Crippen LogP contribution in [0.25, 0.3) is 0 Å². The third-order valence-corrected chi connectivity index (χ3v) is 7.10. The van der Waals surface area contributed by atoms with E-state index in [1.165, 1.54) is 11.4 Å². The van der Waals surface area contributed by atoms with E-state index in [1.807, 2.05) is 91.0 Å². The first-order valence-electron chi connectivity index (χ1n) is 10.1. The van der Waals surface area contributed by atoms with Crippen molar-refractivity contribution in [3.05, 3.63) is 108 Å². The monoisotopic (exact) mass is 437 g/mol. The maximum atomic E-state index is 13.7. The molecule has 0 bridgehead atoms. The zero-order chi connectivity index (χ0) is 22.3. The molecule has 0 aliphatic carbocycles. The van der Waals surface area contributed by atoms with Crippen molar-refractivity contribution >= 4 is 16.0 Å². The van der Waals surface area contributed by atoms with Gasteiger partial charge in [0.05, 0.1) is 24.8 Å². The topological polar surface area (TPSA) is 63.7 Å². The third-order valence-electron chi connectivity index (χ3n) is 5.12. The summed E-state index contributed by atoms with van der Waals surface area (Å²) in [5, 5.41) is 0. The summed E-state index contributed by atoms with van der Waals surface area (Å²) in [5.74, 6) is -1.65. The van der Waals surface area contributed by atoms with Crippen LogP contribution in [-0.4, -0.2) is 31.6 Å². The van der Waals surface area contributed by atoms with Crippen molar-refractivity contribution in [2.75, 3.05) is 12.9 Å². The largest absolute Gasteiger partial charge is 0.469 e. The second-order valence-electron chi connectivity index (χ2n) is 7.46. The summed E-state index contributed by atoms with van der Waals surface area (Å²) in [6, 6.07) is 28.0. The van der Waals surface area contributed by atoms with E-state index in [-0.39, 0.29) is 12.3 Å². The third kappa shape index (κ3) is 5.81. The fourth-order valence-electron chi connectivity index (χ4n) is 3.59. The Morgan fingerprint density at radius 3 is 1.74 bits per heavy atom. The Morgan fingerprint density at radius 1 is 0.839 bits per heavy atom. The van der Waals surface area contributed by atoms with E-state index in [9.17, 15) is 13.2 Å². The molecule has 31 heavy (non-hydrogen) atoms. The molecule has 0 fully saturated rings. The van der Waals surface area contributed by atoms with E-state index < -0.39 is 28.0 Å². The number of ether oxygens (including phenoxy) is 1. The molecule has 0 aliphatic rings. The lowest BCUT2D eigenvalue weighted by Crippen LogP contribution is -2.39. The van der Waals surface area contributed by atoms with Crippen LogP contribution in [0.3, 0.4) is 0 Å². The van der Waals surface area contributed by atoms with Crippen LogP contribution in [0.1, 0.15) is 29.7 Å². The minimum atomic E-state index is -3.84. The highest BCUT2D eigenvalue weighted by atomic mass is 32.2. The maximum absolute atomic E-state index is 13.7. The van der Waals surface area contributed by atoms with Gasteiger partial charge in [0.15, 0.2) is 0 Å². The van der Waals surface area contributed by atoms with Crippen LogP contribution in [0.2, 0.25) is 0 Å². The summed E-state index contributed by atoms with van der Waals surface area (Å²) in [7, 11) is -2.57. The van der Waals surface area contributed by atoms with Gasteiger partial charge < -0.3 is 4.74 Å². The van der Waals surface area contributed by atoms with Gasteiger partial charge in [0.25, 0.3) is 0 Å². The van der Waals surface area contributed by atoms with Gasteiger partial charge in [-0.05, 0) is 16.7 Å². The molecule has 0 aliphatic heterocycles. The molecule has 0 radical (unpaired) electrons. The van der Waals surface area contributed by atoms with E-state index in [0.717, 1.165) is 16.7 Å². The zero-order valence-corrected chi connectivity index (χ0v) is 18.5. The van der Waals surface area contributed by atoms with Gasteiger partial charge in [-0.3, -0.25) is 4.79 Å². The number of hydrogen-bond acceptors (Lipinski definition) is 4. The van der Waals surface area contributed by atoms with Gasteiger partial charge in [-0.25, -0.2) is 8.42 Å². The van der Waals surface area contributed by atoms with Crippen molar-refractivity contribution in [3.63, 3.8) is 0 Å². The molecular formula is C25H27NO4S. The molecule has 1 atom stereocenters. The molecule has 0 aromatic heterocycles. The van der Waals surface area contributed by atoms with Crippen molar-refractivity contribution in [2.24, 2.45) is 5.92 Å². The molecule has 0 saturated heterocycles. The van der Waals surface area contributed by atoms with E-state index >= 15 is 0 Å². The van der Waals surface area contributed by atoms with Crippen molar-refractivity contribution < 1.29 is 17.9 Å². The maximum Gasteiger partial charge on any atom is 0.309 e. The van der Waals surface area contributed by atoms with Gasteiger partial charge in [0.1, 0.15) is 0 Å². The van der Waals surface area contributed by atoms with Crippen molar-refractivity contribution in [1.82, 2.24) is 4.31 Å². The summed E-state index contributed by atoms with van der Waals surface area (Å²) >= 11 is 0. The second-order valence-corrected chi connectivity index (χ2v) is 9.42. The molecule has 3 aromatic rings. The predicted molar refractivity (Wildman–Crippen MR) is 122 cm³/mol. The molecule has 0 unspecified atom stereocenters. The Balaban J connectivity index is 2.11. The van der Waals surface area contributed by atoms with Gasteiger partial charge in [0.2, 0.25) is 10.0 Å². The Kier molecular flexibility index (Phi) is 7.60. The van der Waals surface area contributed by atoms with Gasteiger partial charge in [0, 0.05) is 6.54 Å². The molecule has 5 nitrogen and oxygen atoms in total. The number of esters is 1. The first kappa shape index (κ1) is 22.7. The molecular weight excluding hydrogens is 410 g/mol. The van der Waals surface area contributed by atoms with E-state index in [1.54, 1.807) is 6.92 Å². The normalized spacial score (nSPS) is 12.6. The molecule has 0 heterocycles. The zero-order valence-electron chi connectivity index (χ0n) is 17.7. The van der Waals surface area contributed by atoms with E-state index in [0.29, 0.717) is 0 Å². The van der Waals surface area contributed by atoms with E-state index in [4.69, 9.17) is 4.74 Å². The molecule has 0 N–H and O–H groups in total. The van der Waals surface area contributed by atoms with Gasteiger partial charge in [-0.1, -0.05) is 97.9 Å². The lowest BCUT2D eigenvalue weighted by atomic mass is 9.98. The smallest absolute Gasteiger partial charge is 0.309 e. The number of nitrogens with zero attached hydrogens (tertiary/aromatic N) is 1. The standard InChI is InChI=1S/C25H27NO4S/c1-20(25(27)30-2)19-31(28,29)26(18-21-12-6-3-7-13-21)24(22-14-8-4-9-15-22)23-16-10-5-11-17-23/h3-17,20,24H,18-19H2,1-2H3/t20-/m0/s1. The summed E-state index contributed by atoms with van der Waals surface area (Å²) in [5.41, 5.74) is 2.59. The van der Waals surface area contributed by atoms with Gasteiger partial charge in [-0.15, -0.1) is 0 Å². The van der Waals surface area contributed by atoms with Crippen molar-refractivity contribution in [3.8, 4) is 0 Å². The van der Waals surface area contributed by atoms with Crippen LogP contribution in [0, 0.1) is 5.92 Å². The van der Waals surface area contributed by atoms with E-state index in [2.05, 4.69) is 0 Å². The number of benzene rings is 3. The lowest BCUT2D eigenvalue weighted by Gasteiger charge is -2.32. The highest BCUT2D eigenvalue weighted by Crippen LogP contribution is 2.33. The first-order chi connectivity index (χ1) is 14.9. The van der Waals surface area contributed by atoms with Crippen LogP contribution in [0.4, 0.5) is 0 Å². The summed E-state index contributed by atoms with van der Waals surface area (Å²) in [6.07, 6.45) is 0. The fourth-order valence-corrected chi connectivity index (χ4v) is 5.46.